The van der Waals surface area contributed by atoms with Gasteiger partial charge < -0.3 is 4.90 Å². The maximum Gasteiger partial charge on any atom is 0.123 e. The van der Waals surface area contributed by atoms with E-state index in [0.717, 1.165) is 38.3 Å². The van der Waals surface area contributed by atoms with Crippen LogP contribution in [0.2, 0.25) is 0 Å². The quantitative estimate of drug-likeness (QED) is 0.766. The first-order chi connectivity index (χ1) is 8.15. The van der Waals surface area contributed by atoms with E-state index >= 15 is 0 Å². The van der Waals surface area contributed by atoms with Crippen LogP contribution in [0.25, 0.3) is 0 Å². The van der Waals surface area contributed by atoms with E-state index in [2.05, 4.69) is 16.8 Å². The summed E-state index contributed by atoms with van der Waals surface area (Å²) in [6.45, 7) is 5.13. The third kappa shape index (κ3) is 3.66. The molecule has 1 saturated heterocycles. The molecule has 2 rings (SSSR count). The van der Waals surface area contributed by atoms with Gasteiger partial charge in [0.1, 0.15) is 5.82 Å². The minimum atomic E-state index is -0.211. The molecule has 94 valence electrons. The molecule has 1 unspecified atom stereocenters. The van der Waals surface area contributed by atoms with Crippen molar-refractivity contribution in [1.29, 1.82) is 0 Å². The molecular weight excluding hydrogens is 239 g/mol. The van der Waals surface area contributed by atoms with Gasteiger partial charge in [-0.3, -0.25) is 4.90 Å². The van der Waals surface area contributed by atoms with Crippen molar-refractivity contribution in [2.24, 2.45) is 0 Å². The van der Waals surface area contributed by atoms with Gasteiger partial charge in [0.25, 0.3) is 0 Å². The summed E-state index contributed by atoms with van der Waals surface area (Å²) in [5.74, 6) is -0.211. The van der Waals surface area contributed by atoms with Crippen molar-refractivity contribution in [3.63, 3.8) is 0 Å². The number of likely N-dealkylation sites (N-methyl/N-ethyl adjacent to an activating group) is 1. The van der Waals surface area contributed by atoms with Crippen molar-refractivity contribution >= 4 is 11.6 Å². The van der Waals surface area contributed by atoms with Crippen molar-refractivity contribution in [2.75, 3.05) is 39.8 Å². The molecule has 17 heavy (non-hydrogen) atoms. The minimum absolute atomic E-state index is 0.0565. The Hall–Kier alpha value is -0.640. The number of hydrogen-bond acceptors (Lipinski definition) is 2. The Bertz CT molecular complexity index is 347. The van der Waals surface area contributed by atoms with Crippen LogP contribution in [0.1, 0.15) is 10.9 Å². The molecule has 0 N–H and O–H groups in total. The molecule has 4 heteroatoms. The first-order valence-electron chi connectivity index (χ1n) is 5.95. The van der Waals surface area contributed by atoms with Gasteiger partial charge in [-0.2, -0.15) is 0 Å². The number of nitrogens with zero attached hydrogens (tertiary/aromatic N) is 2. The predicted molar refractivity (Wildman–Crippen MR) is 68.9 cm³/mol. The average molecular weight is 257 g/mol. The maximum absolute atomic E-state index is 12.8. The zero-order valence-corrected chi connectivity index (χ0v) is 10.8. The SMILES string of the molecule is CN1CCN(CC(Cl)c2ccc(F)cc2)CC1. The molecule has 0 radical (unpaired) electrons. The largest absolute Gasteiger partial charge is 0.304 e. The van der Waals surface area contributed by atoms with Gasteiger partial charge in [0.05, 0.1) is 5.38 Å². The van der Waals surface area contributed by atoms with Gasteiger partial charge in [-0.25, -0.2) is 4.39 Å². The topological polar surface area (TPSA) is 6.48 Å². The molecule has 2 nitrogen and oxygen atoms in total. The first kappa shape index (κ1) is 12.8. The van der Waals surface area contributed by atoms with E-state index < -0.39 is 0 Å². The van der Waals surface area contributed by atoms with Crippen molar-refractivity contribution in [3.8, 4) is 0 Å². The zero-order valence-electron chi connectivity index (χ0n) is 10.1. The second kappa shape index (κ2) is 5.80. The number of hydrogen-bond donors (Lipinski definition) is 0. The molecule has 0 amide bonds. The maximum atomic E-state index is 12.8. The fourth-order valence-electron chi connectivity index (χ4n) is 2.03. The Morgan fingerprint density at radius 2 is 1.76 bits per heavy atom. The van der Waals surface area contributed by atoms with Crippen molar-refractivity contribution in [3.05, 3.63) is 35.6 Å². The van der Waals surface area contributed by atoms with Crippen molar-refractivity contribution in [1.82, 2.24) is 9.80 Å². The van der Waals surface area contributed by atoms with Crippen molar-refractivity contribution in [2.45, 2.75) is 5.38 Å². The summed E-state index contributed by atoms with van der Waals surface area (Å²) in [7, 11) is 2.13. The van der Waals surface area contributed by atoms with E-state index in [9.17, 15) is 4.39 Å². The standard InChI is InChI=1S/C13H18ClFN2/c1-16-6-8-17(9-7-16)10-13(14)11-2-4-12(15)5-3-11/h2-5,13H,6-10H2,1H3. The second-order valence-electron chi connectivity index (χ2n) is 4.62. The summed E-state index contributed by atoms with van der Waals surface area (Å²) in [4.78, 5) is 4.68. The van der Waals surface area contributed by atoms with E-state index in [0.29, 0.717) is 0 Å². The molecule has 1 aliphatic rings. The van der Waals surface area contributed by atoms with E-state index in [1.54, 1.807) is 12.1 Å². The monoisotopic (exact) mass is 256 g/mol. The number of piperazine rings is 1. The minimum Gasteiger partial charge on any atom is -0.304 e. The molecule has 0 saturated carbocycles. The van der Waals surface area contributed by atoms with Crippen LogP contribution in [0.3, 0.4) is 0 Å². The summed E-state index contributed by atoms with van der Waals surface area (Å²) in [5, 5.41) is -0.0565. The molecule has 1 atom stereocenters. The Labute approximate surface area is 107 Å². The van der Waals surface area contributed by atoms with E-state index in [-0.39, 0.29) is 11.2 Å². The lowest BCUT2D eigenvalue weighted by Crippen LogP contribution is -2.45. The van der Waals surface area contributed by atoms with Crippen LogP contribution in [-0.4, -0.2) is 49.6 Å². The van der Waals surface area contributed by atoms with Crippen LogP contribution in [0.15, 0.2) is 24.3 Å². The summed E-state index contributed by atoms with van der Waals surface area (Å²) in [6.07, 6.45) is 0. The molecule has 1 aliphatic heterocycles. The highest BCUT2D eigenvalue weighted by Gasteiger charge is 2.17. The molecule has 1 aromatic rings. The third-order valence-electron chi connectivity index (χ3n) is 3.25. The summed E-state index contributed by atoms with van der Waals surface area (Å²) in [6, 6.07) is 6.47. The van der Waals surface area contributed by atoms with Gasteiger partial charge in [0, 0.05) is 32.7 Å². The molecule has 1 heterocycles. The molecular formula is C13H18ClFN2. The van der Waals surface area contributed by atoms with Crippen LogP contribution >= 0.6 is 11.6 Å². The highest BCUT2D eigenvalue weighted by atomic mass is 35.5. The van der Waals surface area contributed by atoms with Crippen LogP contribution < -0.4 is 0 Å². The Morgan fingerprint density at radius 3 is 2.35 bits per heavy atom. The lowest BCUT2D eigenvalue weighted by molar-refractivity contribution is 0.154. The predicted octanol–water partition coefficient (Wildman–Crippen LogP) is 2.35. The molecule has 0 aliphatic carbocycles. The molecule has 1 fully saturated rings. The fourth-order valence-corrected chi connectivity index (χ4v) is 2.37. The fraction of sp³-hybridized carbons (Fsp3) is 0.538. The molecule has 0 spiro atoms. The van der Waals surface area contributed by atoms with Gasteiger partial charge in [-0.05, 0) is 24.7 Å². The summed E-state index contributed by atoms with van der Waals surface area (Å²) >= 11 is 6.35. The van der Waals surface area contributed by atoms with E-state index in [1.165, 1.54) is 12.1 Å². The number of benzene rings is 1. The van der Waals surface area contributed by atoms with Gasteiger partial charge in [-0.1, -0.05) is 12.1 Å². The highest BCUT2D eigenvalue weighted by molar-refractivity contribution is 6.21. The third-order valence-corrected chi connectivity index (χ3v) is 3.64. The molecule has 0 aromatic heterocycles. The molecule has 1 aromatic carbocycles. The van der Waals surface area contributed by atoms with Gasteiger partial charge in [-0.15, -0.1) is 11.6 Å². The number of halogens is 2. The van der Waals surface area contributed by atoms with Crippen LogP contribution in [0, 0.1) is 5.82 Å². The van der Waals surface area contributed by atoms with E-state index in [1.807, 2.05) is 0 Å². The normalized spacial score (nSPS) is 20.4. The van der Waals surface area contributed by atoms with Gasteiger partial charge >= 0.3 is 0 Å². The summed E-state index contributed by atoms with van der Waals surface area (Å²) < 4.78 is 12.8. The van der Waals surface area contributed by atoms with Gasteiger partial charge in [0.2, 0.25) is 0 Å². The number of rotatable bonds is 3. The summed E-state index contributed by atoms with van der Waals surface area (Å²) in [5.41, 5.74) is 0.993. The highest BCUT2D eigenvalue weighted by Crippen LogP contribution is 2.22. The van der Waals surface area contributed by atoms with Crippen molar-refractivity contribution < 1.29 is 4.39 Å². The Morgan fingerprint density at radius 1 is 1.18 bits per heavy atom. The lowest BCUT2D eigenvalue weighted by Gasteiger charge is -2.33. The van der Waals surface area contributed by atoms with E-state index in [4.69, 9.17) is 11.6 Å². The second-order valence-corrected chi connectivity index (χ2v) is 5.15. The Kier molecular flexibility index (Phi) is 4.37. The first-order valence-corrected chi connectivity index (χ1v) is 6.39. The Balaban J connectivity index is 1.88. The smallest absolute Gasteiger partial charge is 0.123 e. The average Bonchev–Trinajstić information content (AvgIpc) is 2.33. The zero-order chi connectivity index (χ0) is 12.3. The lowest BCUT2D eigenvalue weighted by atomic mass is 10.1. The van der Waals surface area contributed by atoms with Crippen LogP contribution in [-0.2, 0) is 0 Å². The molecule has 0 bridgehead atoms. The number of alkyl halides is 1. The van der Waals surface area contributed by atoms with Crippen LogP contribution in [0.5, 0.6) is 0 Å². The van der Waals surface area contributed by atoms with Crippen LogP contribution in [0.4, 0.5) is 4.39 Å². The van der Waals surface area contributed by atoms with Gasteiger partial charge in [0.15, 0.2) is 0 Å².